The highest BCUT2D eigenvalue weighted by molar-refractivity contribution is 7.09. The molecule has 1 aliphatic rings. The third kappa shape index (κ3) is 3.00. The Morgan fingerprint density at radius 3 is 3.20 bits per heavy atom. The van der Waals surface area contributed by atoms with Crippen LogP contribution < -0.4 is 11.1 Å². The molecule has 1 heterocycles. The number of aromatic nitrogens is 1. The molecule has 0 radical (unpaired) electrons. The van der Waals surface area contributed by atoms with Crippen LogP contribution in [0.25, 0.3) is 0 Å². The van der Waals surface area contributed by atoms with Crippen molar-refractivity contribution in [3.05, 3.63) is 16.1 Å². The summed E-state index contributed by atoms with van der Waals surface area (Å²) >= 11 is 1.72. The normalized spacial score (nSPS) is 24.4. The molecule has 1 saturated carbocycles. The highest BCUT2D eigenvalue weighted by atomic mass is 32.1. The quantitative estimate of drug-likeness (QED) is 0.772. The first-order valence-electron chi connectivity index (χ1n) is 5.70. The average Bonchev–Trinajstić information content (AvgIpc) is 2.88. The highest BCUT2D eigenvalue weighted by Crippen LogP contribution is 2.33. The minimum atomic E-state index is 0.695. The van der Waals surface area contributed by atoms with Crippen LogP contribution in [0, 0.1) is 5.92 Å². The minimum Gasteiger partial charge on any atom is -0.330 e. The molecule has 84 valence electrons. The van der Waals surface area contributed by atoms with Gasteiger partial charge in [-0.3, -0.25) is 0 Å². The second-order valence-corrected chi connectivity index (χ2v) is 5.11. The predicted molar refractivity (Wildman–Crippen MR) is 63.9 cm³/mol. The maximum absolute atomic E-state index is 5.49. The molecule has 1 fully saturated rings. The smallest absolute Gasteiger partial charge is 0.0941 e. The Kier molecular flexibility index (Phi) is 3.72. The van der Waals surface area contributed by atoms with Crippen molar-refractivity contribution in [1.29, 1.82) is 0 Å². The summed E-state index contributed by atoms with van der Waals surface area (Å²) in [6.45, 7) is 3.87. The molecule has 2 unspecified atom stereocenters. The van der Waals surface area contributed by atoms with Gasteiger partial charge in [0.15, 0.2) is 0 Å². The van der Waals surface area contributed by atoms with Gasteiger partial charge in [-0.1, -0.05) is 13.3 Å². The molecule has 15 heavy (non-hydrogen) atoms. The lowest BCUT2D eigenvalue weighted by atomic mass is 10.3. The van der Waals surface area contributed by atoms with Gasteiger partial charge in [0.25, 0.3) is 0 Å². The zero-order valence-electron chi connectivity index (χ0n) is 9.20. The summed E-state index contributed by atoms with van der Waals surface area (Å²) in [4.78, 5) is 4.53. The maximum atomic E-state index is 5.49. The number of nitrogens with one attached hydrogen (secondary N) is 1. The van der Waals surface area contributed by atoms with Crippen molar-refractivity contribution in [1.82, 2.24) is 10.3 Å². The Balaban J connectivity index is 1.74. The van der Waals surface area contributed by atoms with E-state index in [4.69, 9.17) is 5.73 Å². The van der Waals surface area contributed by atoms with E-state index in [2.05, 4.69) is 22.6 Å². The van der Waals surface area contributed by atoms with Gasteiger partial charge in [0.05, 0.1) is 10.7 Å². The van der Waals surface area contributed by atoms with Gasteiger partial charge in [-0.25, -0.2) is 4.98 Å². The Morgan fingerprint density at radius 1 is 1.67 bits per heavy atom. The van der Waals surface area contributed by atoms with E-state index in [1.807, 2.05) is 0 Å². The van der Waals surface area contributed by atoms with Gasteiger partial charge in [0, 0.05) is 24.4 Å². The molecule has 2 atom stereocenters. The van der Waals surface area contributed by atoms with Gasteiger partial charge >= 0.3 is 0 Å². The summed E-state index contributed by atoms with van der Waals surface area (Å²) in [7, 11) is 0. The Hall–Kier alpha value is -0.450. The van der Waals surface area contributed by atoms with Gasteiger partial charge < -0.3 is 11.1 Å². The van der Waals surface area contributed by atoms with Crippen LogP contribution in [0.15, 0.2) is 5.38 Å². The molecule has 1 aliphatic carbocycles. The predicted octanol–water partition coefficient (Wildman–Crippen LogP) is 1.53. The lowest BCUT2D eigenvalue weighted by molar-refractivity contribution is 0.616. The lowest BCUT2D eigenvalue weighted by Gasteiger charge is -1.99. The van der Waals surface area contributed by atoms with Crippen LogP contribution >= 0.6 is 11.3 Å². The molecule has 0 saturated heterocycles. The summed E-state index contributed by atoms with van der Waals surface area (Å²) in [6.07, 6.45) is 3.55. The van der Waals surface area contributed by atoms with E-state index < -0.39 is 0 Å². The van der Waals surface area contributed by atoms with E-state index >= 15 is 0 Å². The Morgan fingerprint density at radius 2 is 2.53 bits per heavy atom. The van der Waals surface area contributed by atoms with Crippen molar-refractivity contribution in [2.75, 3.05) is 6.54 Å². The molecule has 2 rings (SSSR count). The zero-order valence-corrected chi connectivity index (χ0v) is 10.0. The first-order chi connectivity index (χ1) is 7.33. The van der Waals surface area contributed by atoms with E-state index in [0.717, 1.165) is 29.9 Å². The number of hydrogen-bond donors (Lipinski definition) is 2. The van der Waals surface area contributed by atoms with Crippen LogP contribution in [0.1, 0.15) is 30.5 Å². The SMILES string of the molecule is CCC1CC1NCc1csc(CCN)n1. The molecule has 3 N–H and O–H groups in total. The van der Waals surface area contributed by atoms with E-state index in [9.17, 15) is 0 Å². The lowest BCUT2D eigenvalue weighted by Crippen LogP contribution is -2.17. The fourth-order valence-corrected chi connectivity index (χ4v) is 2.67. The number of rotatable bonds is 6. The van der Waals surface area contributed by atoms with Crippen molar-refractivity contribution in [2.24, 2.45) is 11.7 Å². The molecular formula is C11H19N3S. The summed E-state index contributed by atoms with van der Waals surface area (Å²) in [5.74, 6) is 0.909. The largest absolute Gasteiger partial charge is 0.330 e. The van der Waals surface area contributed by atoms with Gasteiger partial charge in [-0.05, 0) is 18.9 Å². The van der Waals surface area contributed by atoms with Crippen LogP contribution in [0.3, 0.4) is 0 Å². The van der Waals surface area contributed by atoms with E-state index in [1.165, 1.54) is 18.5 Å². The van der Waals surface area contributed by atoms with Crippen LogP contribution in [-0.2, 0) is 13.0 Å². The van der Waals surface area contributed by atoms with Crippen molar-refractivity contribution in [3.8, 4) is 0 Å². The van der Waals surface area contributed by atoms with E-state index in [0.29, 0.717) is 6.54 Å². The van der Waals surface area contributed by atoms with E-state index in [-0.39, 0.29) is 0 Å². The van der Waals surface area contributed by atoms with Gasteiger partial charge in [-0.2, -0.15) is 0 Å². The highest BCUT2D eigenvalue weighted by Gasteiger charge is 2.34. The molecule has 1 aromatic heterocycles. The van der Waals surface area contributed by atoms with Crippen LogP contribution in [0.2, 0.25) is 0 Å². The van der Waals surface area contributed by atoms with Gasteiger partial charge in [0.2, 0.25) is 0 Å². The molecule has 0 aliphatic heterocycles. The fourth-order valence-electron chi connectivity index (χ4n) is 1.85. The monoisotopic (exact) mass is 225 g/mol. The van der Waals surface area contributed by atoms with Crippen molar-refractivity contribution in [3.63, 3.8) is 0 Å². The number of thiazole rings is 1. The van der Waals surface area contributed by atoms with Crippen LogP contribution in [0.5, 0.6) is 0 Å². The van der Waals surface area contributed by atoms with Crippen LogP contribution in [0.4, 0.5) is 0 Å². The second-order valence-electron chi connectivity index (χ2n) is 4.16. The summed E-state index contributed by atoms with van der Waals surface area (Å²) in [6, 6.07) is 0.745. The second kappa shape index (κ2) is 5.05. The number of hydrogen-bond acceptors (Lipinski definition) is 4. The third-order valence-electron chi connectivity index (χ3n) is 2.95. The molecule has 0 amide bonds. The summed E-state index contributed by atoms with van der Waals surface area (Å²) in [5.41, 5.74) is 6.66. The van der Waals surface area contributed by atoms with Crippen molar-refractivity contribution < 1.29 is 0 Å². The number of nitrogens with zero attached hydrogens (tertiary/aromatic N) is 1. The zero-order chi connectivity index (χ0) is 10.7. The minimum absolute atomic E-state index is 0.695. The average molecular weight is 225 g/mol. The molecule has 0 aromatic carbocycles. The first-order valence-corrected chi connectivity index (χ1v) is 6.58. The number of nitrogens with two attached hydrogens (primary N) is 1. The first kappa shape index (κ1) is 11.0. The summed E-state index contributed by atoms with van der Waals surface area (Å²) in [5, 5.41) is 6.85. The molecule has 0 bridgehead atoms. The summed E-state index contributed by atoms with van der Waals surface area (Å²) < 4.78 is 0. The molecule has 3 nitrogen and oxygen atoms in total. The molecule has 1 aromatic rings. The van der Waals surface area contributed by atoms with Crippen molar-refractivity contribution in [2.45, 2.75) is 38.8 Å². The fraction of sp³-hybridized carbons (Fsp3) is 0.727. The standard InChI is InChI=1S/C11H19N3S/c1-2-8-5-10(8)13-6-9-7-15-11(14-9)3-4-12/h7-8,10,13H,2-6,12H2,1H3. The van der Waals surface area contributed by atoms with Gasteiger partial charge in [-0.15, -0.1) is 11.3 Å². The molecule has 0 spiro atoms. The Bertz CT molecular complexity index is 311. The van der Waals surface area contributed by atoms with Crippen molar-refractivity contribution >= 4 is 11.3 Å². The van der Waals surface area contributed by atoms with E-state index in [1.54, 1.807) is 11.3 Å². The third-order valence-corrected chi connectivity index (χ3v) is 3.91. The molecular weight excluding hydrogens is 206 g/mol. The van der Waals surface area contributed by atoms with Gasteiger partial charge in [0.1, 0.15) is 0 Å². The maximum Gasteiger partial charge on any atom is 0.0941 e. The van der Waals surface area contributed by atoms with Crippen LogP contribution in [-0.4, -0.2) is 17.6 Å². The molecule has 4 heteroatoms. The Labute approximate surface area is 95.1 Å². The topological polar surface area (TPSA) is 50.9 Å².